The molecule has 0 unspecified atom stereocenters. The van der Waals surface area contributed by atoms with Crippen molar-refractivity contribution in [2.75, 3.05) is 0 Å². The van der Waals surface area contributed by atoms with Crippen molar-refractivity contribution in [2.45, 2.75) is 18.6 Å². The van der Waals surface area contributed by atoms with E-state index in [0.717, 1.165) is 11.1 Å². The summed E-state index contributed by atoms with van der Waals surface area (Å²) in [4.78, 5) is 12.0. The fraction of sp³-hybridized carbons (Fsp3) is 0.214. The number of nitrogens with one attached hydrogen (secondary N) is 1. The molecule has 0 aliphatic heterocycles. The number of hydrogen-bond donors (Lipinski definition) is 2. The maximum atomic E-state index is 12.0. The Bertz CT molecular complexity index is 623. The van der Waals surface area contributed by atoms with E-state index in [2.05, 4.69) is 5.32 Å². The average Bonchev–Trinajstić information content (AvgIpc) is 2.95. The smallest absolute Gasteiger partial charge is 0.287 e. The van der Waals surface area contributed by atoms with Crippen molar-refractivity contribution in [1.29, 1.82) is 0 Å². The first-order valence-electron chi connectivity index (χ1n) is 5.97. The maximum Gasteiger partial charge on any atom is 0.287 e. The van der Waals surface area contributed by atoms with E-state index >= 15 is 0 Å². The summed E-state index contributed by atoms with van der Waals surface area (Å²) in [6.45, 7) is 0. The van der Waals surface area contributed by atoms with Crippen LogP contribution in [-0.2, 0) is 6.42 Å². The van der Waals surface area contributed by atoms with Crippen LogP contribution < -0.4 is 5.32 Å². The first-order chi connectivity index (χ1) is 9.15. The van der Waals surface area contributed by atoms with Crippen molar-refractivity contribution < 1.29 is 14.3 Å². The van der Waals surface area contributed by atoms with E-state index in [-0.39, 0.29) is 16.9 Å². The zero-order chi connectivity index (χ0) is 13.4. The van der Waals surface area contributed by atoms with Gasteiger partial charge in [0.25, 0.3) is 5.91 Å². The largest absolute Gasteiger partial charge is 0.440 e. The summed E-state index contributed by atoms with van der Waals surface area (Å²) in [5.41, 5.74) is 2.00. The van der Waals surface area contributed by atoms with Crippen LogP contribution in [0.2, 0.25) is 5.22 Å². The molecule has 0 radical (unpaired) electrons. The van der Waals surface area contributed by atoms with Crippen molar-refractivity contribution in [1.82, 2.24) is 5.32 Å². The summed E-state index contributed by atoms with van der Waals surface area (Å²) in [5, 5.41) is 13.0. The second kappa shape index (κ2) is 4.72. The van der Waals surface area contributed by atoms with Gasteiger partial charge in [0.05, 0.1) is 12.1 Å². The van der Waals surface area contributed by atoms with E-state index in [0.29, 0.717) is 6.42 Å². The quantitative estimate of drug-likeness (QED) is 0.885. The van der Waals surface area contributed by atoms with Crippen LogP contribution in [0.15, 0.2) is 40.8 Å². The Kier molecular flexibility index (Phi) is 3.05. The second-order valence-corrected chi connectivity index (χ2v) is 4.90. The van der Waals surface area contributed by atoms with Crippen molar-refractivity contribution >= 4 is 17.5 Å². The van der Waals surface area contributed by atoms with Gasteiger partial charge >= 0.3 is 0 Å². The topological polar surface area (TPSA) is 62.5 Å². The van der Waals surface area contributed by atoms with Crippen LogP contribution in [0, 0.1) is 0 Å². The van der Waals surface area contributed by atoms with Crippen LogP contribution in [-0.4, -0.2) is 17.1 Å². The number of fused-ring (bicyclic) bond motifs is 1. The first kappa shape index (κ1) is 12.3. The van der Waals surface area contributed by atoms with E-state index < -0.39 is 12.1 Å². The third kappa shape index (κ3) is 2.25. The molecule has 5 heteroatoms. The number of rotatable bonds is 2. The van der Waals surface area contributed by atoms with E-state index in [1.54, 1.807) is 0 Å². The fourth-order valence-electron chi connectivity index (χ4n) is 2.40. The van der Waals surface area contributed by atoms with Crippen LogP contribution in [0.5, 0.6) is 0 Å². The molecule has 1 aliphatic rings. The van der Waals surface area contributed by atoms with Gasteiger partial charge in [-0.15, -0.1) is 0 Å². The summed E-state index contributed by atoms with van der Waals surface area (Å²) in [6, 6.07) is 10.3. The van der Waals surface area contributed by atoms with Crippen LogP contribution in [0.1, 0.15) is 27.7 Å². The lowest BCUT2D eigenvalue weighted by Crippen LogP contribution is -2.33. The van der Waals surface area contributed by atoms with Gasteiger partial charge in [-0.3, -0.25) is 4.79 Å². The molecular weight excluding hydrogens is 266 g/mol. The van der Waals surface area contributed by atoms with Crippen LogP contribution in [0.25, 0.3) is 0 Å². The highest BCUT2D eigenvalue weighted by Crippen LogP contribution is 2.31. The maximum absolute atomic E-state index is 12.0. The lowest BCUT2D eigenvalue weighted by Gasteiger charge is -2.17. The minimum Gasteiger partial charge on any atom is -0.440 e. The Hall–Kier alpha value is -1.78. The minimum atomic E-state index is -0.619. The first-order valence-corrected chi connectivity index (χ1v) is 6.35. The van der Waals surface area contributed by atoms with Crippen LogP contribution in [0.4, 0.5) is 0 Å². The molecule has 0 saturated heterocycles. The van der Waals surface area contributed by atoms with Crippen molar-refractivity contribution in [3.63, 3.8) is 0 Å². The van der Waals surface area contributed by atoms with Crippen molar-refractivity contribution in [3.8, 4) is 0 Å². The molecule has 0 saturated carbocycles. The standard InChI is InChI=1S/C14H12ClNO3/c15-12-6-5-11(19-12)14(18)16-13-9-4-2-1-3-8(9)7-10(13)17/h1-6,10,13,17H,7H2,(H,16,18)/t10-,13+/m0/s1. The van der Waals surface area contributed by atoms with Gasteiger partial charge in [0.1, 0.15) is 0 Å². The number of amides is 1. The Morgan fingerprint density at radius 2 is 2.11 bits per heavy atom. The molecule has 2 atom stereocenters. The lowest BCUT2D eigenvalue weighted by atomic mass is 10.1. The molecule has 0 spiro atoms. The SMILES string of the molecule is O=C(N[C@@H]1c2ccccc2C[C@@H]1O)c1ccc(Cl)o1. The van der Waals surface area contributed by atoms with Gasteiger partial charge in [0.2, 0.25) is 0 Å². The summed E-state index contributed by atoms with van der Waals surface area (Å²) < 4.78 is 5.05. The Morgan fingerprint density at radius 3 is 2.84 bits per heavy atom. The number of carbonyl (C=O) groups excluding carboxylic acids is 1. The molecule has 1 aromatic heterocycles. The van der Waals surface area contributed by atoms with E-state index in [9.17, 15) is 9.90 Å². The van der Waals surface area contributed by atoms with Gasteiger partial charge in [-0.05, 0) is 34.9 Å². The Balaban J connectivity index is 1.82. The normalized spacial score (nSPS) is 21.2. The third-order valence-electron chi connectivity index (χ3n) is 3.29. The Labute approximate surface area is 115 Å². The average molecular weight is 278 g/mol. The molecule has 3 rings (SSSR count). The highest BCUT2D eigenvalue weighted by Gasteiger charge is 2.32. The van der Waals surface area contributed by atoms with Gasteiger partial charge in [0, 0.05) is 6.42 Å². The number of carbonyl (C=O) groups is 1. The second-order valence-electron chi connectivity index (χ2n) is 4.53. The summed E-state index contributed by atoms with van der Waals surface area (Å²) in [7, 11) is 0. The molecule has 1 aliphatic carbocycles. The van der Waals surface area contributed by atoms with E-state index in [4.69, 9.17) is 16.0 Å². The number of halogens is 1. The predicted octanol–water partition coefficient (Wildman–Crippen LogP) is 2.32. The molecule has 98 valence electrons. The zero-order valence-corrected chi connectivity index (χ0v) is 10.7. The molecule has 4 nitrogen and oxygen atoms in total. The minimum absolute atomic E-state index is 0.140. The highest BCUT2D eigenvalue weighted by atomic mass is 35.5. The predicted molar refractivity (Wildman–Crippen MR) is 70.1 cm³/mol. The molecule has 0 fully saturated rings. The van der Waals surface area contributed by atoms with E-state index in [1.165, 1.54) is 12.1 Å². The van der Waals surface area contributed by atoms with Gasteiger partial charge in [-0.2, -0.15) is 0 Å². The lowest BCUT2D eigenvalue weighted by molar-refractivity contribution is 0.0832. The summed E-state index contributed by atoms with van der Waals surface area (Å²) in [5.74, 6) is -0.241. The number of benzene rings is 1. The monoisotopic (exact) mass is 277 g/mol. The molecule has 1 aromatic carbocycles. The van der Waals surface area contributed by atoms with Gasteiger partial charge in [0.15, 0.2) is 11.0 Å². The number of aliphatic hydroxyl groups is 1. The molecular formula is C14H12ClNO3. The highest BCUT2D eigenvalue weighted by molar-refractivity contribution is 6.29. The summed E-state index contributed by atoms with van der Waals surface area (Å²) >= 11 is 5.63. The molecule has 0 bridgehead atoms. The van der Waals surface area contributed by atoms with Crippen molar-refractivity contribution in [2.24, 2.45) is 0 Å². The fourth-order valence-corrected chi connectivity index (χ4v) is 2.54. The molecule has 19 heavy (non-hydrogen) atoms. The number of hydrogen-bond acceptors (Lipinski definition) is 3. The van der Waals surface area contributed by atoms with E-state index in [1.807, 2.05) is 24.3 Å². The molecule has 2 N–H and O–H groups in total. The molecule has 2 aromatic rings. The van der Waals surface area contributed by atoms with Gasteiger partial charge < -0.3 is 14.8 Å². The van der Waals surface area contributed by atoms with Crippen LogP contribution in [0.3, 0.4) is 0 Å². The Morgan fingerprint density at radius 1 is 1.32 bits per heavy atom. The zero-order valence-electron chi connectivity index (χ0n) is 9.97. The van der Waals surface area contributed by atoms with Crippen LogP contribution >= 0.6 is 11.6 Å². The molecule has 1 amide bonds. The molecule has 1 heterocycles. The third-order valence-corrected chi connectivity index (χ3v) is 3.49. The van der Waals surface area contributed by atoms with Crippen molar-refractivity contribution in [3.05, 3.63) is 58.5 Å². The summed E-state index contributed by atoms with van der Waals surface area (Å²) in [6.07, 6.45) is -0.0770. The number of aliphatic hydroxyl groups excluding tert-OH is 1. The van der Waals surface area contributed by atoms with Gasteiger partial charge in [-0.1, -0.05) is 24.3 Å². The number of furan rings is 1. The van der Waals surface area contributed by atoms with Gasteiger partial charge in [-0.25, -0.2) is 0 Å².